The summed E-state index contributed by atoms with van der Waals surface area (Å²) in [5.41, 5.74) is 4.81. The van der Waals surface area contributed by atoms with Crippen molar-refractivity contribution in [2.45, 2.75) is 20.1 Å². The van der Waals surface area contributed by atoms with E-state index in [0.29, 0.717) is 18.8 Å². The molecule has 0 aromatic heterocycles. The van der Waals surface area contributed by atoms with Crippen LogP contribution in [0.2, 0.25) is 0 Å². The van der Waals surface area contributed by atoms with Crippen molar-refractivity contribution < 1.29 is 9.53 Å². The van der Waals surface area contributed by atoms with Crippen LogP contribution in [0.3, 0.4) is 0 Å². The Morgan fingerprint density at radius 3 is 2.63 bits per heavy atom. The van der Waals surface area contributed by atoms with Gasteiger partial charge in [0, 0.05) is 15.6 Å². The van der Waals surface area contributed by atoms with Gasteiger partial charge >= 0.3 is 0 Å². The molecule has 19 heavy (non-hydrogen) atoms. The summed E-state index contributed by atoms with van der Waals surface area (Å²) in [6.07, 6.45) is 0. The minimum Gasteiger partial charge on any atom is -0.372 e. The number of rotatable bonds is 2. The van der Waals surface area contributed by atoms with Gasteiger partial charge in [-0.05, 0) is 47.9 Å². The molecule has 2 aromatic rings. The molecule has 0 unspecified atom stereocenters. The minimum atomic E-state index is 0.0547. The fourth-order valence-electron chi connectivity index (χ4n) is 2.35. The Bertz CT molecular complexity index is 642. The van der Waals surface area contributed by atoms with Crippen LogP contribution in [0, 0.1) is 6.92 Å². The van der Waals surface area contributed by atoms with Gasteiger partial charge < -0.3 is 4.74 Å². The number of carbonyl (C=O) groups excluding carboxylic acids is 1. The van der Waals surface area contributed by atoms with E-state index in [1.807, 2.05) is 43.3 Å². The Morgan fingerprint density at radius 1 is 1.05 bits per heavy atom. The molecule has 0 spiro atoms. The lowest BCUT2D eigenvalue weighted by Crippen LogP contribution is -2.02. The van der Waals surface area contributed by atoms with Crippen LogP contribution in [0.1, 0.15) is 32.6 Å². The van der Waals surface area contributed by atoms with Gasteiger partial charge in [0.15, 0.2) is 5.78 Å². The molecule has 0 radical (unpaired) electrons. The fraction of sp³-hybridized carbons (Fsp3) is 0.188. The van der Waals surface area contributed by atoms with Gasteiger partial charge in [0.25, 0.3) is 0 Å². The summed E-state index contributed by atoms with van der Waals surface area (Å²) in [5, 5.41) is 0. The van der Waals surface area contributed by atoms with E-state index >= 15 is 0 Å². The van der Waals surface area contributed by atoms with Crippen LogP contribution >= 0.6 is 15.9 Å². The van der Waals surface area contributed by atoms with Crippen molar-refractivity contribution in [3.63, 3.8) is 0 Å². The highest BCUT2D eigenvalue weighted by molar-refractivity contribution is 9.10. The van der Waals surface area contributed by atoms with E-state index < -0.39 is 0 Å². The Morgan fingerprint density at radius 2 is 1.84 bits per heavy atom. The highest BCUT2D eigenvalue weighted by Crippen LogP contribution is 2.23. The average Bonchev–Trinajstić information content (AvgIpc) is 2.83. The molecule has 1 heterocycles. The molecule has 3 rings (SSSR count). The molecule has 0 aliphatic carbocycles. The molecule has 0 saturated carbocycles. The molecular formula is C16H13BrO2. The molecule has 1 aliphatic heterocycles. The Kier molecular flexibility index (Phi) is 3.25. The molecule has 0 amide bonds. The molecular weight excluding hydrogens is 304 g/mol. The first-order valence-electron chi connectivity index (χ1n) is 6.15. The fourth-order valence-corrected chi connectivity index (χ4v) is 2.96. The number of hydrogen-bond donors (Lipinski definition) is 0. The van der Waals surface area contributed by atoms with Gasteiger partial charge in [-0.15, -0.1) is 0 Å². The van der Waals surface area contributed by atoms with Gasteiger partial charge in [0.1, 0.15) is 0 Å². The van der Waals surface area contributed by atoms with E-state index in [2.05, 4.69) is 15.9 Å². The lowest BCUT2D eigenvalue weighted by atomic mass is 9.98. The SMILES string of the molecule is Cc1cc(Br)cc(C(=O)c2ccc3c(c2)COC3)c1. The second kappa shape index (κ2) is 4.91. The summed E-state index contributed by atoms with van der Waals surface area (Å²) in [6.45, 7) is 3.24. The Labute approximate surface area is 120 Å². The monoisotopic (exact) mass is 316 g/mol. The molecule has 96 valence electrons. The maximum atomic E-state index is 12.5. The van der Waals surface area contributed by atoms with Crippen LogP contribution in [0.25, 0.3) is 0 Å². The van der Waals surface area contributed by atoms with Crippen molar-refractivity contribution in [2.75, 3.05) is 0 Å². The van der Waals surface area contributed by atoms with Crippen molar-refractivity contribution in [3.05, 3.63) is 68.7 Å². The zero-order valence-electron chi connectivity index (χ0n) is 10.6. The van der Waals surface area contributed by atoms with Crippen molar-refractivity contribution in [2.24, 2.45) is 0 Å². The highest BCUT2D eigenvalue weighted by Gasteiger charge is 2.15. The normalized spacial score (nSPS) is 13.4. The quantitative estimate of drug-likeness (QED) is 0.782. The molecule has 0 bridgehead atoms. The lowest BCUT2D eigenvalue weighted by Gasteiger charge is -2.05. The summed E-state index contributed by atoms with van der Waals surface area (Å²) >= 11 is 3.43. The van der Waals surface area contributed by atoms with Gasteiger partial charge in [-0.3, -0.25) is 4.79 Å². The summed E-state index contributed by atoms with van der Waals surface area (Å²) in [6, 6.07) is 11.6. The third-order valence-electron chi connectivity index (χ3n) is 3.29. The van der Waals surface area contributed by atoms with Gasteiger partial charge in [0.2, 0.25) is 0 Å². The summed E-state index contributed by atoms with van der Waals surface area (Å²) < 4.78 is 6.31. The molecule has 0 atom stereocenters. The lowest BCUT2D eigenvalue weighted by molar-refractivity contribution is 0.103. The van der Waals surface area contributed by atoms with E-state index in [4.69, 9.17) is 4.74 Å². The van der Waals surface area contributed by atoms with Gasteiger partial charge in [-0.1, -0.05) is 28.1 Å². The predicted octanol–water partition coefficient (Wildman–Crippen LogP) is 4.02. The highest BCUT2D eigenvalue weighted by atomic mass is 79.9. The van der Waals surface area contributed by atoms with Crippen LogP contribution in [-0.2, 0) is 18.0 Å². The largest absolute Gasteiger partial charge is 0.372 e. The van der Waals surface area contributed by atoms with E-state index in [1.54, 1.807) is 0 Å². The first-order valence-corrected chi connectivity index (χ1v) is 6.94. The van der Waals surface area contributed by atoms with E-state index in [9.17, 15) is 4.79 Å². The minimum absolute atomic E-state index is 0.0547. The zero-order chi connectivity index (χ0) is 13.4. The summed E-state index contributed by atoms with van der Waals surface area (Å²) in [4.78, 5) is 12.5. The van der Waals surface area contributed by atoms with Gasteiger partial charge in [-0.25, -0.2) is 0 Å². The molecule has 0 fully saturated rings. The Balaban J connectivity index is 1.99. The number of ether oxygens (including phenoxy) is 1. The standard InChI is InChI=1S/C16H13BrO2/c1-10-4-13(7-15(17)5-10)16(18)11-2-3-12-8-19-9-14(12)6-11/h2-7H,8-9H2,1H3. The number of halogens is 1. The van der Waals surface area contributed by atoms with E-state index in [1.165, 1.54) is 5.56 Å². The smallest absolute Gasteiger partial charge is 0.193 e. The van der Waals surface area contributed by atoms with Gasteiger partial charge in [-0.2, -0.15) is 0 Å². The third-order valence-corrected chi connectivity index (χ3v) is 3.75. The number of benzene rings is 2. The maximum absolute atomic E-state index is 12.5. The Hall–Kier alpha value is -1.45. The molecule has 2 aromatic carbocycles. The zero-order valence-corrected chi connectivity index (χ0v) is 12.2. The van der Waals surface area contributed by atoms with Crippen LogP contribution in [0.4, 0.5) is 0 Å². The van der Waals surface area contributed by atoms with Crippen molar-refractivity contribution in [1.82, 2.24) is 0 Å². The number of carbonyl (C=O) groups is 1. The molecule has 3 heteroatoms. The second-order valence-corrected chi connectivity index (χ2v) is 5.74. The second-order valence-electron chi connectivity index (χ2n) is 4.82. The molecule has 0 saturated heterocycles. The molecule has 2 nitrogen and oxygen atoms in total. The topological polar surface area (TPSA) is 26.3 Å². The van der Waals surface area contributed by atoms with Crippen LogP contribution in [0.15, 0.2) is 40.9 Å². The van der Waals surface area contributed by atoms with Gasteiger partial charge in [0.05, 0.1) is 13.2 Å². The van der Waals surface area contributed by atoms with Crippen LogP contribution < -0.4 is 0 Å². The first-order chi connectivity index (χ1) is 9.13. The van der Waals surface area contributed by atoms with Crippen LogP contribution in [-0.4, -0.2) is 5.78 Å². The van der Waals surface area contributed by atoms with Crippen molar-refractivity contribution in [1.29, 1.82) is 0 Å². The van der Waals surface area contributed by atoms with Crippen molar-refractivity contribution in [3.8, 4) is 0 Å². The number of ketones is 1. The maximum Gasteiger partial charge on any atom is 0.193 e. The number of hydrogen-bond acceptors (Lipinski definition) is 2. The van der Waals surface area contributed by atoms with E-state index in [0.717, 1.165) is 21.2 Å². The predicted molar refractivity (Wildman–Crippen MR) is 77.2 cm³/mol. The van der Waals surface area contributed by atoms with Crippen LogP contribution in [0.5, 0.6) is 0 Å². The summed E-state index contributed by atoms with van der Waals surface area (Å²) in [7, 11) is 0. The third kappa shape index (κ3) is 2.48. The average molecular weight is 317 g/mol. The molecule has 1 aliphatic rings. The number of aryl methyl sites for hydroxylation is 1. The first kappa shape index (κ1) is 12.6. The molecule has 0 N–H and O–H groups in total. The van der Waals surface area contributed by atoms with Crippen molar-refractivity contribution >= 4 is 21.7 Å². The van der Waals surface area contributed by atoms with E-state index in [-0.39, 0.29) is 5.78 Å². The number of fused-ring (bicyclic) bond motifs is 1. The summed E-state index contributed by atoms with van der Waals surface area (Å²) in [5.74, 6) is 0.0547.